The van der Waals surface area contributed by atoms with Gasteiger partial charge >= 0.3 is 0 Å². The molecular weight excluding hydrogens is 222 g/mol. The fourth-order valence-electron chi connectivity index (χ4n) is 2.25. The molecule has 1 aromatic heterocycles. The van der Waals surface area contributed by atoms with Crippen LogP contribution in [0.15, 0.2) is 36.5 Å². The number of aromatic amines is 1. The quantitative estimate of drug-likeness (QED) is 0.847. The smallest absolute Gasteiger partial charge is 0.0743 e. The lowest BCUT2D eigenvalue weighted by Gasteiger charge is -2.15. The normalized spacial score (nSPS) is 12.9. The van der Waals surface area contributed by atoms with Gasteiger partial charge in [0.15, 0.2) is 0 Å². The van der Waals surface area contributed by atoms with Gasteiger partial charge in [-0.2, -0.15) is 5.10 Å². The maximum absolute atomic E-state index is 4.01. The van der Waals surface area contributed by atoms with Crippen molar-refractivity contribution in [1.29, 1.82) is 0 Å². The maximum Gasteiger partial charge on any atom is 0.0743 e. The van der Waals surface area contributed by atoms with Crippen LogP contribution >= 0.6 is 0 Å². The Morgan fingerprint density at radius 1 is 1.17 bits per heavy atom. The average molecular weight is 243 g/mol. The molecule has 0 spiro atoms. The van der Waals surface area contributed by atoms with Crippen molar-refractivity contribution < 1.29 is 0 Å². The van der Waals surface area contributed by atoms with Crippen LogP contribution in [0.25, 0.3) is 0 Å². The molecule has 2 rings (SSSR count). The zero-order chi connectivity index (χ0) is 13.0. The largest absolute Gasteiger partial charge is 0.308 e. The third kappa shape index (κ3) is 2.99. The van der Waals surface area contributed by atoms with E-state index < -0.39 is 0 Å². The van der Waals surface area contributed by atoms with Gasteiger partial charge in [0.25, 0.3) is 0 Å². The molecule has 0 radical (unpaired) electrons. The molecule has 0 aliphatic rings. The summed E-state index contributed by atoms with van der Waals surface area (Å²) in [4.78, 5) is 0. The molecule has 0 aliphatic carbocycles. The number of H-pyrrole nitrogens is 1. The van der Waals surface area contributed by atoms with E-state index in [1.807, 2.05) is 13.1 Å². The third-order valence-electron chi connectivity index (χ3n) is 3.08. The van der Waals surface area contributed by atoms with Crippen LogP contribution < -0.4 is 5.32 Å². The van der Waals surface area contributed by atoms with Crippen LogP contribution in [0, 0.1) is 5.92 Å². The summed E-state index contributed by atoms with van der Waals surface area (Å²) in [6.07, 6.45) is 2.92. The molecule has 1 unspecified atom stereocenters. The minimum absolute atomic E-state index is 0.181. The highest BCUT2D eigenvalue weighted by Crippen LogP contribution is 2.20. The van der Waals surface area contributed by atoms with Crippen molar-refractivity contribution in [3.8, 4) is 0 Å². The molecule has 3 heteroatoms. The van der Waals surface area contributed by atoms with Gasteiger partial charge < -0.3 is 5.32 Å². The number of rotatable bonds is 5. The third-order valence-corrected chi connectivity index (χ3v) is 3.08. The Bertz CT molecular complexity index is 457. The zero-order valence-corrected chi connectivity index (χ0v) is 11.3. The van der Waals surface area contributed by atoms with Crippen molar-refractivity contribution in [2.24, 2.45) is 5.92 Å². The summed E-state index contributed by atoms with van der Waals surface area (Å²) in [7, 11) is 1.97. The van der Waals surface area contributed by atoms with E-state index in [1.165, 1.54) is 11.1 Å². The molecule has 1 aromatic carbocycles. The molecule has 1 heterocycles. The summed E-state index contributed by atoms with van der Waals surface area (Å²) in [6, 6.07) is 11.0. The lowest BCUT2D eigenvalue weighted by molar-refractivity contribution is 0.644. The molecule has 0 saturated heterocycles. The first-order valence-electron chi connectivity index (χ1n) is 6.46. The number of nitrogens with one attached hydrogen (secondary N) is 2. The fraction of sp³-hybridized carbons (Fsp3) is 0.400. The van der Waals surface area contributed by atoms with Crippen LogP contribution in [0.5, 0.6) is 0 Å². The van der Waals surface area contributed by atoms with E-state index in [9.17, 15) is 0 Å². The Morgan fingerprint density at radius 3 is 2.39 bits per heavy atom. The van der Waals surface area contributed by atoms with Crippen molar-refractivity contribution in [3.63, 3.8) is 0 Å². The molecule has 0 saturated carbocycles. The van der Waals surface area contributed by atoms with Crippen molar-refractivity contribution in [1.82, 2.24) is 15.5 Å². The summed E-state index contributed by atoms with van der Waals surface area (Å²) >= 11 is 0. The van der Waals surface area contributed by atoms with E-state index in [2.05, 4.69) is 53.6 Å². The van der Waals surface area contributed by atoms with E-state index in [1.54, 1.807) is 6.20 Å². The van der Waals surface area contributed by atoms with Crippen LogP contribution in [0.3, 0.4) is 0 Å². The van der Waals surface area contributed by atoms with Crippen molar-refractivity contribution >= 4 is 0 Å². The van der Waals surface area contributed by atoms with Gasteiger partial charge in [-0.1, -0.05) is 38.1 Å². The minimum atomic E-state index is 0.181. The lowest BCUT2D eigenvalue weighted by atomic mass is 9.98. The second kappa shape index (κ2) is 5.83. The predicted molar refractivity (Wildman–Crippen MR) is 74.5 cm³/mol. The van der Waals surface area contributed by atoms with Crippen molar-refractivity contribution in [2.75, 3.05) is 7.05 Å². The van der Waals surface area contributed by atoms with Crippen LogP contribution in [0.1, 0.15) is 36.7 Å². The highest BCUT2D eigenvalue weighted by atomic mass is 15.1. The number of hydrogen-bond acceptors (Lipinski definition) is 2. The van der Waals surface area contributed by atoms with Gasteiger partial charge in [0.05, 0.1) is 11.7 Å². The first-order valence-corrected chi connectivity index (χ1v) is 6.46. The summed E-state index contributed by atoms with van der Waals surface area (Å²) < 4.78 is 0. The van der Waals surface area contributed by atoms with Crippen molar-refractivity contribution in [2.45, 2.75) is 26.3 Å². The van der Waals surface area contributed by atoms with Crippen LogP contribution in [-0.2, 0) is 6.42 Å². The molecule has 2 N–H and O–H groups in total. The molecule has 0 amide bonds. The molecule has 0 aliphatic heterocycles. The van der Waals surface area contributed by atoms with Crippen molar-refractivity contribution in [3.05, 3.63) is 53.3 Å². The summed E-state index contributed by atoms with van der Waals surface area (Å²) in [5.74, 6) is 0.698. The van der Waals surface area contributed by atoms with Gasteiger partial charge in [-0.25, -0.2) is 0 Å². The van der Waals surface area contributed by atoms with E-state index in [-0.39, 0.29) is 6.04 Å². The fourth-order valence-corrected chi connectivity index (χ4v) is 2.25. The van der Waals surface area contributed by atoms with E-state index >= 15 is 0 Å². The zero-order valence-electron chi connectivity index (χ0n) is 11.3. The number of nitrogens with zero attached hydrogens (tertiary/aromatic N) is 1. The Morgan fingerprint density at radius 2 is 1.89 bits per heavy atom. The van der Waals surface area contributed by atoms with Crippen LogP contribution in [0.2, 0.25) is 0 Å². The SMILES string of the molecule is CNC(c1ccc(CC(C)C)cc1)c1ccn[nH]1. The summed E-state index contributed by atoms with van der Waals surface area (Å²) in [5, 5.41) is 10.3. The maximum atomic E-state index is 4.01. The molecule has 18 heavy (non-hydrogen) atoms. The van der Waals surface area contributed by atoms with Crippen LogP contribution in [0.4, 0.5) is 0 Å². The second-order valence-corrected chi connectivity index (χ2v) is 5.07. The molecule has 0 bridgehead atoms. The number of aromatic nitrogens is 2. The molecule has 3 nitrogen and oxygen atoms in total. The van der Waals surface area contributed by atoms with Gasteiger partial charge in [-0.3, -0.25) is 5.10 Å². The molecule has 2 aromatic rings. The second-order valence-electron chi connectivity index (χ2n) is 5.07. The first kappa shape index (κ1) is 12.8. The average Bonchev–Trinajstić information content (AvgIpc) is 2.85. The van der Waals surface area contributed by atoms with E-state index in [0.717, 1.165) is 12.1 Å². The topological polar surface area (TPSA) is 40.7 Å². The van der Waals surface area contributed by atoms with Gasteiger partial charge in [0, 0.05) is 6.20 Å². The minimum Gasteiger partial charge on any atom is -0.308 e. The Hall–Kier alpha value is -1.61. The van der Waals surface area contributed by atoms with Gasteiger partial charge in [-0.15, -0.1) is 0 Å². The number of benzene rings is 1. The first-order chi connectivity index (χ1) is 8.70. The molecule has 96 valence electrons. The van der Waals surface area contributed by atoms with Crippen LogP contribution in [-0.4, -0.2) is 17.2 Å². The standard InChI is InChI=1S/C15H21N3/c1-11(2)10-12-4-6-13(7-5-12)15(16-3)14-8-9-17-18-14/h4-9,11,15-16H,10H2,1-3H3,(H,17,18). The lowest BCUT2D eigenvalue weighted by Crippen LogP contribution is -2.18. The van der Waals surface area contributed by atoms with E-state index in [4.69, 9.17) is 0 Å². The predicted octanol–water partition coefficient (Wildman–Crippen LogP) is 2.92. The monoisotopic (exact) mass is 243 g/mol. The summed E-state index contributed by atoms with van der Waals surface area (Å²) in [6.45, 7) is 4.49. The Balaban J connectivity index is 2.17. The Kier molecular flexibility index (Phi) is 4.15. The molecular formula is C15H21N3. The van der Waals surface area contributed by atoms with E-state index in [0.29, 0.717) is 5.92 Å². The number of hydrogen-bond donors (Lipinski definition) is 2. The highest BCUT2D eigenvalue weighted by molar-refractivity contribution is 5.30. The molecule has 1 atom stereocenters. The highest BCUT2D eigenvalue weighted by Gasteiger charge is 2.12. The summed E-state index contributed by atoms with van der Waals surface area (Å²) in [5.41, 5.74) is 3.75. The Labute approximate surface area is 109 Å². The van der Waals surface area contributed by atoms with Gasteiger partial charge in [0.1, 0.15) is 0 Å². The van der Waals surface area contributed by atoms with Gasteiger partial charge in [-0.05, 0) is 36.6 Å². The van der Waals surface area contributed by atoms with Gasteiger partial charge in [0.2, 0.25) is 0 Å². The molecule has 0 fully saturated rings.